The van der Waals surface area contributed by atoms with Gasteiger partial charge < -0.3 is 10.2 Å². The van der Waals surface area contributed by atoms with Crippen molar-refractivity contribution in [2.45, 2.75) is 26.8 Å². The van der Waals surface area contributed by atoms with E-state index in [-0.39, 0.29) is 0 Å². The maximum atomic E-state index is 4.25. The Kier molecular flexibility index (Phi) is 5.15. The number of anilines is 2. The molecule has 102 valence electrons. The first-order chi connectivity index (χ1) is 9.33. The molecular formula is C14H20N4S. The molecule has 0 aliphatic heterocycles. The molecule has 1 heterocycles. The minimum Gasteiger partial charge on any atom is -0.365 e. The highest BCUT2D eigenvalue weighted by molar-refractivity contribution is 7.15. The van der Waals surface area contributed by atoms with Crippen molar-refractivity contribution in [1.29, 1.82) is 0 Å². The van der Waals surface area contributed by atoms with Crippen molar-refractivity contribution < 1.29 is 0 Å². The number of aromatic nitrogens is 2. The van der Waals surface area contributed by atoms with Crippen LogP contribution in [-0.4, -0.2) is 23.3 Å². The lowest BCUT2D eigenvalue weighted by Crippen LogP contribution is -2.21. The number of nitrogens with zero attached hydrogens (tertiary/aromatic N) is 3. The fourth-order valence-electron chi connectivity index (χ4n) is 1.81. The first-order valence-corrected chi connectivity index (χ1v) is 7.51. The molecule has 0 fully saturated rings. The largest absolute Gasteiger partial charge is 0.365 e. The van der Waals surface area contributed by atoms with Crippen molar-refractivity contribution in [3.05, 3.63) is 35.3 Å². The minimum absolute atomic E-state index is 0.811. The van der Waals surface area contributed by atoms with Gasteiger partial charge >= 0.3 is 0 Å². The third-order valence-corrected chi connectivity index (χ3v) is 3.69. The molecule has 0 radical (unpaired) electrons. The van der Waals surface area contributed by atoms with Gasteiger partial charge in [-0.2, -0.15) is 0 Å². The summed E-state index contributed by atoms with van der Waals surface area (Å²) in [5.41, 5.74) is 1.23. The highest BCUT2D eigenvalue weighted by Gasteiger charge is 2.09. The molecule has 4 nitrogen and oxygen atoms in total. The lowest BCUT2D eigenvalue weighted by Gasteiger charge is -2.21. The quantitative estimate of drug-likeness (QED) is 0.841. The molecule has 1 N–H and O–H groups in total. The zero-order chi connectivity index (χ0) is 13.5. The van der Waals surface area contributed by atoms with E-state index in [1.807, 2.05) is 6.07 Å². The van der Waals surface area contributed by atoms with Crippen molar-refractivity contribution >= 4 is 22.2 Å². The van der Waals surface area contributed by atoms with Crippen LogP contribution in [0.3, 0.4) is 0 Å². The van der Waals surface area contributed by atoms with E-state index in [1.165, 1.54) is 5.69 Å². The molecule has 0 unspecified atom stereocenters. The van der Waals surface area contributed by atoms with Crippen LogP contribution in [0, 0.1) is 0 Å². The van der Waals surface area contributed by atoms with Gasteiger partial charge in [0.25, 0.3) is 0 Å². The van der Waals surface area contributed by atoms with Gasteiger partial charge in [0.05, 0.1) is 6.54 Å². The molecular weight excluding hydrogens is 256 g/mol. The summed E-state index contributed by atoms with van der Waals surface area (Å²) >= 11 is 1.64. The molecule has 0 amide bonds. The summed E-state index contributed by atoms with van der Waals surface area (Å²) in [6.45, 7) is 7.02. The smallest absolute Gasteiger partial charge is 0.205 e. The molecule has 1 aromatic heterocycles. The molecule has 2 aromatic rings. The first kappa shape index (κ1) is 13.8. The Morgan fingerprint density at radius 3 is 2.63 bits per heavy atom. The number of hydrogen-bond donors (Lipinski definition) is 1. The molecule has 2 rings (SSSR count). The van der Waals surface area contributed by atoms with E-state index in [4.69, 9.17) is 0 Å². The number of para-hydroxylation sites is 1. The third-order valence-electron chi connectivity index (χ3n) is 2.82. The van der Waals surface area contributed by atoms with Crippen LogP contribution in [0.5, 0.6) is 0 Å². The molecule has 0 saturated carbocycles. The van der Waals surface area contributed by atoms with Gasteiger partial charge in [0.2, 0.25) is 5.13 Å². The Hall–Kier alpha value is -1.62. The second-order valence-corrected chi connectivity index (χ2v) is 5.34. The van der Waals surface area contributed by atoms with Crippen LogP contribution in [0.15, 0.2) is 30.3 Å². The summed E-state index contributed by atoms with van der Waals surface area (Å²) in [4.78, 5) is 2.30. The average Bonchev–Trinajstić information content (AvgIpc) is 2.91. The maximum absolute atomic E-state index is 4.25. The second kappa shape index (κ2) is 7.09. The predicted molar refractivity (Wildman–Crippen MR) is 81.9 cm³/mol. The van der Waals surface area contributed by atoms with Crippen molar-refractivity contribution in [1.82, 2.24) is 10.2 Å². The third kappa shape index (κ3) is 3.92. The summed E-state index contributed by atoms with van der Waals surface area (Å²) < 4.78 is 0. The fraction of sp³-hybridized carbons (Fsp3) is 0.429. The monoisotopic (exact) mass is 276 g/mol. The van der Waals surface area contributed by atoms with Crippen molar-refractivity contribution in [3.8, 4) is 0 Å². The van der Waals surface area contributed by atoms with Gasteiger partial charge in [-0.25, -0.2) is 0 Å². The van der Waals surface area contributed by atoms with Gasteiger partial charge in [-0.05, 0) is 25.5 Å². The second-order valence-electron chi connectivity index (χ2n) is 4.28. The van der Waals surface area contributed by atoms with Crippen LogP contribution in [0.25, 0.3) is 0 Å². The SMILES string of the molecule is CCCNc1nnc(CN(CC)c2ccccc2)s1. The van der Waals surface area contributed by atoms with Gasteiger partial charge in [-0.1, -0.05) is 36.5 Å². The Labute approximate surface area is 118 Å². The van der Waals surface area contributed by atoms with Crippen molar-refractivity contribution in [2.24, 2.45) is 0 Å². The molecule has 0 atom stereocenters. The molecule has 0 bridgehead atoms. The van der Waals surface area contributed by atoms with Crippen LogP contribution >= 0.6 is 11.3 Å². The number of hydrogen-bond acceptors (Lipinski definition) is 5. The predicted octanol–water partition coefficient (Wildman–Crippen LogP) is 3.39. The van der Waals surface area contributed by atoms with Crippen LogP contribution in [-0.2, 0) is 6.54 Å². The van der Waals surface area contributed by atoms with E-state index < -0.39 is 0 Å². The Bertz CT molecular complexity index is 483. The minimum atomic E-state index is 0.811. The van der Waals surface area contributed by atoms with E-state index in [0.717, 1.165) is 36.2 Å². The summed E-state index contributed by atoms with van der Waals surface area (Å²) in [6, 6.07) is 10.4. The molecule has 0 aliphatic rings. The summed E-state index contributed by atoms with van der Waals surface area (Å²) in [7, 11) is 0. The molecule has 0 saturated heterocycles. The molecule has 0 spiro atoms. The lowest BCUT2D eigenvalue weighted by atomic mass is 10.3. The van der Waals surface area contributed by atoms with E-state index in [9.17, 15) is 0 Å². The topological polar surface area (TPSA) is 41.1 Å². The van der Waals surface area contributed by atoms with Gasteiger partial charge in [-0.3, -0.25) is 0 Å². The van der Waals surface area contributed by atoms with Gasteiger partial charge in [-0.15, -0.1) is 10.2 Å². The summed E-state index contributed by atoms with van der Waals surface area (Å²) in [5, 5.41) is 13.6. The van der Waals surface area contributed by atoms with Crippen molar-refractivity contribution in [2.75, 3.05) is 23.3 Å². The zero-order valence-electron chi connectivity index (χ0n) is 11.5. The first-order valence-electron chi connectivity index (χ1n) is 6.69. The Morgan fingerprint density at radius 1 is 1.16 bits per heavy atom. The van der Waals surface area contributed by atoms with E-state index in [2.05, 4.69) is 58.5 Å². The molecule has 19 heavy (non-hydrogen) atoms. The van der Waals surface area contributed by atoms with Crippen LogP contribution in [0.2, 0.25) is 0 Å². The molecule has 0 aliphatic carbocycles. The zero-order valence-corrected chi connectivity index (χ0v) is 12.3. The van der Waals surface area contributed by atoms with Gasteiger partial charge in [0, 0.05) is 18.8 Å². The number of benzene rings is 1. The molecule has 5 heteroatoms. The summed E-state index contributed by atoms with van der Waals surface area (Å²) in [5.74, 6) is 0. The standard InChI is InChI=1S/C14H20N4S/c1-3-10-15-14-17-16-13(19-14)11-18(4-2)12-8-6-5-7-9-12/h5-9H,3-4,10-11H2,1-2H3,(H,15,17). The van der Waals surface area contributed by atoms with E-state index in [0.29, 0.717) is 0 Å². The fourth-order valence-corrected chi connectivity index (χ4v) is 2.59. The van der Waals surface area contributed by atoms with E-state index >= 15 is 0 Å². The van der Waals surface area contributed by atoms with Gasteiger partial charge in [0.1, 0.15) is 5.01 Å². The Morgan fingerprint density at radius 2 is 1.95 bits per heavy atom. The highest BCUT2D eigenvalue weighted by atomic mass is 32.1. The average molecular weight is 276 g/mol. The lowest BCUT2D eigenvalue weighted by molar-refractivity contribution is 0.811. The maximum Gasteiger partial charge on any atom is 0.205 e. The van der Waals surface area contributed by atoms with E-state index in [1.54, 1.807) is 11.3 Å². The number of rotatable bonds is 7. The van der Waals surface area contributed by atoms with Gasteiger partial charge in [0.15, 0.2) is 0 Å². The summed E-state index contributed by atoms with van der Waals surface area (Å²) in [6.07, 6.45) is 1.10. The Balaban J connectivity index is 2.00. The molecule has 1 aromatic carbocycles. The number of nitrogens with one attached hydrogen (secondary N) is 1. The van der Waals surface area contributed by atoms with Crippen LogP contribution in [0.4, 0.5) is 10.8 Å². The van der Waals surface area contributed by atoms with Crippen molar-refractivity contribution in [3.63, 3.8) is 0 Å². The highest BCUT2D eigenvalue weighted by Crippen LogP contribution is 2.20. The van der Waals surface area contributed by atoms with Crippen LogP contribution < -0.4 is 10.2 Å². The normalized spacial score (nSPS) is 10.4. The van der Waals surface area contributed by atoms with Crippen LogP contribution in [0.1, 0.15) is 25.3 Å².